The number of rotatable bonds is 8. The summed E-state index contributed by atoms with van der Waals surface area (Å²) in [5.74, 6) is -0.215. The number of nitrogens with one attached hydrogen (secondary N) is 1. The minimum absolute atomic E-state index is 0.120. The summed E-state index contributed by atoms with van der Waals surface area (Å²) in [4.78, 5) is 22.9. The lowest BCUT2D eigenvalue weighted by Gasteiger charge is -2.06. The number of benzene rings is 1. The number of carboxylic acid groups (broad SMARTS) is 1. The lowest BCUT2D eigenvalue weighted by molar-refractivity contribution is -0.120. The van der Waals surface area contributed by atoms with Gasteiger partial charge in [-0.15, -0.1) is 0 Å². The SMILES string of the molecule is CCC(CC)c1cc(CNC(=O)Cc2cccc(C(=O)O)c2)on1. The molecule has 1 heterocycles. The monoisotopic (exact) mass is 330 g/mol. The van der Waals surface area contributed by atoms with Crippen LogP contribution in [0, 0.1) is 0 Å². The molecule has 1 amide bonds. The second kappa shape index (κ2) is 8.29. The molecule has 1 aromatic heterocycles. The van der Waals surface area contributed by atoms with E-state index >= 15 is 0 Å². The molecule has 0 fully saturated rings. The maximum Gasteiger partial charge on any atom is 0.335 e. The molecule has 0 saturated carbocycles. The van der Waals surface area contributed by atoms with Crippen molar-refractivity contribution < 1.29 is 19.2 Å². The first-order valence-corrected chi connectivity index (χ1v) is 8.07. The van der Waals surface area contributed by atoms with Gasteiger partial charge in [-0.2, -0.15) is 0 Å². The van der Waals surface area contributed by atoms with Gasteiger partial charge in [0.2, 0.25) is 5.91 Å². The Labute approximate surface area is 140 Å². The minimum Gasteiger partial charge on any atom is -0.478 e. The average molecular weight is 330 g/mol. The van der Waals surface area contributed by atoms with E-state index in [9.17, 15) is 9.59 Å². The molecule has 0 radical (unpaired) electrons. The molecule has 1 aromatic carbocycles. The van der Waals surface area contributed by atoms with Crippen molar-refractivity contribution in [1.82, 2.24) is 10.5 Å². The number of hydrogen-bond acceptors (Lipinski definition) is 4. The summed E-state index contributed by atoms with van der Waals surface area (Å²) in [5, 5.41) is 15.8. The van der Waals surface area contributed by atoms with Gasteiger partial charge in [0, 0.05) is 12.0 Å². The lowest BCUT2D eigenvalue weighted by atomic mass is 9.99. The maximum absolute atomic E-state index is 12.0. The highest BCUT2D eigenvalue weighted by Crippen LogP contribution is 2.22. The summed E-state index contributed by atoms with van der Waals surface area (Å²) in [6.45, 7) is 4.48. The van der Waals surface area contributed by atoms with Gasteiger partial charge in [-0.1, -0.05) is 31.1 Å². The van der Waals surface area contributed by atoms with Gasteiger partial charge in [-0.3, -0.25) is 4.79 Å². The molecule has 0 aliphatic carbocycles. The molecule has 2 aromatic rings. The van der Waals surface area contributed by atoms with Crippen LogP contribution in [-0.4, -0.2) is 22.1 Å². The Bertz CT molecular complexity index is 705. The van der Waals surface area contributed by atoms with E-state index < -0.39 is 5.97 Å². The van der Waals surface area contributed by atoms with Gasteiger partial charge >= 0.3 is 5.97 Å². The van der Waals surface area contributed by atoms with Crippen LogP contribution in [0.5, 0.6) is 0 Å². The van der Waals surface area contributed by atoms with Gasteiger partial charge in [0.05, 0.1) is 24.2 Å². The maximum atomic E-state index is 12.0. The van der Waals surface area contributed by atoms with E-state index in [0.717, 1.165) is 18.5 Å². The molecular weight excluding hydrogens is 308 g/mol. The van der Waals surface area contributed by atoms with Crippen molar-refractivity contribution in [3.8, 4) is 0 Å². The number of aromatic nitrogens is 1. The molecule has 2 rings (SSSR count). The number of hydrogen-bond donors (Lipinski definition) is 2. The molecule has 0 spiro atoms. The predicted octanol–water partition coefficient (Wildman–Crippen LogP) is 3.14. The zero-order valence-corrected chi connectivity index (χ0v) is 13.9. The Morgan fingerprint density at radius 3 is 2.67 bits per heavy atom. The fourth-order valence-corrected chi connectivity index (χ4v) is 2.56. The Kier molecular flexibility index (Phi) is 6.12. The normalized spacial score (nSPS) is 10.8. The van der Waals surface area contributed by atoms with Crippen LogP contribution in [0.4, 0.5) is 0 Å². The van der Waals surface area contributed by atoms with Crippen LogP contribution >= 0.6 is 0 Å². The van der Waals surface area contributed by atoms with E-state index in [1.165, 1.54) is 12.1 Å². The van der Waals surface area contributed by atoms with Gasteiger partial charge in [0.15, 0.2) is 5.76 Å². The third-order valence-electron chi connectivity index (χ3n) is 3.98. The van der Waals surface area contributed by atoms with Crippen molar-refractivity contribution in [1.29, 1.82) is 0 Å². The van der Waals surface area contributed by atoms with Crippen LogP contribution in [0.1, 0.15) is 60.0 Å². The highest BCUT2D eigenvalue weighted by Gasteiger charge is 2.13. The number of nitrogens with zero attached hydrogens (tertiary/aromatic N) is 1. The second-order valence-corrected chi connectivity index (χ2v) is 5.69. The molecule has 0 atom stereocenters. The fraction of sp³-hybridized carbons (Fsp3) is 0.389. The van der Waals surface area contributed by atoms with Crippen LogP contribution in [0.25, 0.3) is 0 Å². The molecule has 24 heavy (non-hydrogen) atoms. The van der Waals surface area contributed by atoms with Crippen molar-refractivity contribution in [3.63, 3.8) is 0 Å². The quantitative estimate of drug-likeness (QED) is 0.775. The number of carboxylic acids is 1. The standard InChI is InChI=1S/C18H22N2O4/c1-3-13(4-2)16-10-15(24-20-16)11-19-17(21)9-12-6-5-7-14(8-12)18(22)23/h5-8,10,13H,3-4,9,11H2,1-2H3,(H,19,21)(H,22,23). The van der Waals surface area contributed by atoms with Crippen LogP contribution in [0.2, 0.25) is 0 Å². The molecule has 2 N–H and O–H groups in total. The number of aromatic carboxylic acids is 1. The third-order valence-corrected chi connectivity index (χ3v) is 3.98. The topological polar surface area (TPSA) is 92.4 Å². The second-order valence-electron chi connectivity index (χ2n) is 5.69. The molecular formula is C18H22N2O4. The van der Waals surface area contributed by atoms with Crippen molar-refractivity contribution in [2.75, 3.05) is 0 Å². The first-order chi connectivity index (χ1) is 11.5. The third kappa shape index (κ3) is 4.68. The molecule has 0 saturated heterocycles. The first kappa shape index (κ1) is 17.7. The zero-order chi connectivity index (χ0) is 17.5. The van der Waals surface area contributed by atoms with E-state index in [0.29, 0.717) is 17.2 Å². The van der Waals surface area contributed by atoms with Crippen molar-refractivity contribution in [2.45, 2.75) is 45.6 Å². The van der Waals surface area contributed by atoms with Crippen LogP contribution in [-0.2, 0) is 17.8 Å². The van der Waals surface area contributed by atoms with E-state index in [2.05, 4.69) is 24.3 Å². The van der Waals surface area contributed by atoms with Gasteiger partial charge in [-0.25, -0.2) is 4.79 Å². The van der Waals surface area contributed by atoms with Crippen LogP contribution in [0.3, 0.4) is 0 Å². The lowest BCUT2D eigenvalue weighted by Crippen LogP contribution is -2.24. The van der Waals surface area contributed by atoms with E-state index in [1.807, 2.05) is 6.07 Å². The number of amides is 1. The largest absolute Gasteiger partial charge is 0.478 e. The first-order valence-electron chi connectivity index (χ1n) is 8.07. The molecule has 6 nitrogen and oxygen atoms in total. The van der Waals surface area contributed by atoms with E-state index in [1.54, 1.807) is 12.1 Å². The highest BCUT2D eigenvalue weighted by atomic mass is 16.5. The molecule has 6 heteroatoms. The molecule has 0 unspecified atom stereocenters. The smallest absolute Gasteiger partial charge is 0.335 e. The number of carbonyl (C=O) groups excluding carboxylic acids is 1. The summed E-state index contributed by atoms with van der Waals surface area (Å²) in [6, 6.07) is 8.23. The molecule has 0 aliphatic heterocycles. The van der Waals surface area contributed by atoms with E-state index in [-0.39, 0.29) is 24.4 Å². The van der Waals surface area contributed by atoms with Crippen molar-refractivity contribution in [3.05, 3.63) is 52.9 Å². The molecule has 0 aliphatic rings. The molecule has 128 valence electrons. The summed E-state index contributed by atoms with van der Waals surface area (Å²) >= 11 is 0. The Hall–Kier alpha value is -2.63. The summed E-state index contributed by atoms with van der Waals surface area (Å²) < 4.78 is 5.26. The van der Waals surface area contributed by atoms with Crippen LogP contribution in [0.15, 0.2) is 34.9 Å². The van der Waals surface area contributed by atoms with Crippen molar-refractivity contribution in [2.24, 2.45) is 0 Å². The summed E-state index contributed by atoms with van der Waals surface area (Å²) in [6.07, 6.45) is 2.11. The highest BCUT2D eigenvalue weighted by molar-refractivity contribution is 5.88. The summed E-state index contributed by atoms with van der Waals surface area (Å²) in [5.41, 5.74) is 1.74. The van der Waals surface area contributed by atoms with Crippen molar-refractivity contribution >= 4 is 11.9 Å². The van der Waals surface area contributed by atoms with Gasteiger partial charge in [0.25, 0.3) is 0 Å². The predicted molar refractivity (Wildman–Crippen MR) is 88.8 cm³/mol. The van der Waals surface area contributed by atoms with Gasteiger partial charge in [0.1, 0.15) is 0 Å². The summed E-state index contributed by atoms with van der Waals surface area (Å²) in [7, 11) is 0. The Morgan fingerprint density at radius 1 is 1.25 bits per heavy atom. The Balaban J connectivity index is 1.89. The van der Waals surface area contributed by atoms with Gasteiger partial charge < -0.3 is 14.9 Å². The van der Waals surface area contributed by atoms with Gasteiger partial charge in [-0.05, 0) is 30.5 Å². The average Bonchev–Trinajstić information content (AvgIpc) is 3.03. The Morgan fingerprint density at radius 2 is 2.00 bits per heavy atom. The molecule has 0 bridgehead atoms. The zero-order valence-electron chi connectivity index (χ0n) is 13.9. The number of carbonyl (C=O) groups is 2. The van der Waals surface area contributed by atoms with Crippen LogP contribution < -0.4 is 5.32 Å². The van der Waals surface area contributed by atoms with E-state index in [4.69, 9.17) is 9.63 Å². The minimum atomic E-state index is -1.01. The fourth-order valence-electron chi connectivity index (χ4n) is 2.56.